The van der Waals surface area contributed by atoms with Crippen molar-refractivity contribution in [3.63, 3.8) is 0 Å². The Morgan fingerprint density at radius 2 is 2.14 bits per heavy atom. The van der Waals surface area contributed by atoms with Crippen molar-refractivity contribution in [2.75, 3.05) is 6.61 Å². The van der Waals surface area contributed by atoms with Crippen molar-refractivity contribution >= 4 is 0 Å². The van der Waals surface area contributed by atoms with Gasteiger partial charge in [0.2, 0.25) is 0 Å². The summed E-state index contributed by atoms with van der Waals surface area (Å²) in [6, 6.07) is 1.10. The number of hydrogen-bond donors (Lipinski definition) is 2. The fourth-order valence-electron chi connectivity index (χ4n) is 4.15. The summed E-state index contributed by atoms with van der Waals surface area (Å²) in [6.45, 7) is 5.59. The summed E-state index contributed by atoms with van der Waals surface area (Å²) in [5, 5.41) is 17.6. The van der Waals surface area contributed by atoms with Crippen LogP contribution >= 0.6 is 0 Å². The SMILES string of the molecule is CC1CCCC(NC2CCCc3c2cnn3CCO)C1C. The van der Waals surface area contributed by atoms with Gasteiger partial charge in [0.15, 0.2) is 0 Å². The molecule has 1 aromatic heterocycles. The molecule has 0 aliphatic heterocycles. The van der Waals surface area contributed by atoms with Crippen molar-refractivity contribution < 1.29 is 5.11 Å². The summed E-state index contributed by atoms with van der Waals surface area (Å²) in [6.07, 6.45) is 9.61. The van der Waals surface area contributed by atoms with E-state index < -0.39 is 0 Å². The molecule has 4 unspecified atom stereocenters. The highest BCUT2D eigenvalue weighted by Gasteiger charge is 2.31. The fraction of sp³-hybridized carbons (Fsp3) is 0.824. The largest absolute Gasteiger partial charge is 0.394 e. The van der Waals surface area contributed by atoms with Crippen LogP contribution in [0.1, 0.15) is 63.3 Å². The lowest BCUT2D eigenvalue weighted by Gasteiger charge is -2.38. The lowest BCUT2D eigenvalue weighted by Crippen LogP contribution is -2.43. The van der Waals surface area contributed by atoms with Gasteiger partial charge in [0.25, 0.3) is 0 Å². The molecular weight excluding hydrogens is 262 g/mol. The Labute approximate surface area is 127 Å². The van der Waals surface area contributed by atoms with Gasteiger partial charge in [-0.3, -0.25) is 4.68 Å². The molecule has 0 radical (unpaired) electrons. The van der Waals surface area contributed by atoms with Gasteiger partial charge in [-0.25, -0.2) is 0 Å². The lowest BCUT2D eigenvalue weighted by atomic mass is 9.77. The van der Waals surface area contributed by atoms with Crippen LogP contribution in [0.4, 0.5) is 0 Å². The van der Waals surface area contributed by atoms with Crippen LogP contribution in [0.2, 0.25) is 0 Å². The first-order chi connectivity index (χ1) is 10.2. The van der Waals surface area contributed by atoms with Crippen molar-refractivity contribution in [1.82, 2.24) is 15.1 Å². The molecule has 1 saturated carbocycles. The van der Waals surface area contributed by atoms with Gasteiger partial charge in [-0.15, -0.1) is 0 Å². The smallest absolute Gasteiger partial charge is 0.0644 e. The van der Waals surface area contributed by atoms with Crippen LogP contribution in [-0.2, 0) is 13.0 Å². The Morgan fingerprint density at radius 1 is 1.29 bits per heavy atom. The summed E-state index contributed by atoms with van der Waals surface area (Å²) >= 11 is 0. The lowest BCUT2D eigenvalue weighted by molar-refractivity contribution is 0.188. The van der Waals surface area contributed by atoms with E-state index in [1.807, 2.05) is 10.9 Å². The molecular formula is C17H29N3O. The molecule has 3 rings (SSSR count). The van der Waals surface area contributed by atoms with Crippen molar-refractivity contribution in [1.29, 1.82) is 0 Å². The van der Waals surface area contributed by atoms with Gasteiger partial charge < -0.3 is 10.4 Å². The summed E-state index contributed by atoms with van der Waals surface area (Å²) < 4.78 is 2.00. The van der Waals surface area contributed by atoms with Crippen molar-refractivity contribution in [3.8, 4) is 0 Å². The monoisotopic (exact) mass is 291 g/mol. The van der Waals surface area contributed by atoms with E-state index in [2.05, 4.69) is 24.3 Å². The highest BCUT2D eigenvalue weighted by Crippen LogP contribution is 2.34. The van der Waals surface area contributed by atoms with E-state index in [0.717, 1.165) is 18.3 Å². The van der Waals surface area contributed by atoms with Gasteiger partial charge >= 0.3 is 0 Å². The van der Waals surface area contributed by atoms with E-state index in [1.165, 1.54) is 43.4 Å². The molecule has 0 saturated heterocycles. The van der Waals surface area contributed by atoms with E-state index in [0.29, 0.717) is 18.6 Å². The molecule has 4 heteroatoms. The standard InChI is InChI=1S/C17H29N3O/c1-12-5-3-6-15(13(12)2)19-16-7-4-8-17-14(16)11-18-20(17)9-10-21/h11-13,15-16,19,21H,3-10H2,1-2H3. The quantitative estimate of drug-likeness (QED) is 0.896. The fourth-order valence-corrected chi connectivity index (χ4v) is 4.15. The van der Waals surface area contributed by atoms with Gasteiger partial charge in [0.1, 0.15) is 0 Å². The van der Waals surface area contributed by atoms with E-state index >= 15 is 0 Å². The number of aliphatic hydroxyl groups excluding tert-OH is 1. The van der Waals surface area contributed by atoms with Gasteiger partial charge in [-0.05, 0) is 37.5 Å². The van der Waals surface area contributed by atoms with Crippen LogP contribution in [0.5, 0.6) is 0 Å². The van der Waals surface area contributed by atoms with Crippen LogP contribution in [-0.4, -0.2) is 27.5 Å². The Balaban J connectivity index is 1.73. The Hall–Kier alpha value is -0.870. The average Bonchev–Trinajstić information content (AvgIpc) is 2.89. The maximum absolute atomic E-state index is 9.15. The minimum atomic E-state index is 0.170. The Bertz CT molecular complexity index is 471. The van der Waals surface area contributed by atoms with Gasteiger partial charge in [-0.1, -0.05) is 26.7 Å². The number of aromatic nitrogens is 2. The normalized spacial score (nSPS) is 32.9. The van der Waals surface area contributed by atoms with Crippen molar-refractivity contribution in [3.05, 3.63) is 17.5 Å². The van der Waals surface area contributed by atoms with E-state index in [1.54, 1.807) is 0 Å². The molecule has 2 aliphatic carbocycles. The van der Waals surface area contributed by atoms with E-state index in [4.69, 9.17) is 5.11 Å². The minimum Gasteiger partial charge on any atom is -0.394 e. The first kappa shape index (κ1) is 15.0. The van der Waals surface area contributed by atoms with Gasteiger partial charge in [-0.2, -0.15) is 5.10 Å². The zero-order valence-corrected chi connectivity index (χ0v) is 13.4. The number of hydrogen-bond acceptors (Lipinski definition) is 3. The maximum Gasteiger partial charge on any atom is 0.0644 e. The zero-order valence-electron chi connectivity index (χ0n) is 13.4. The van der Waals surface area contributed by atoms with E-state index in [-0.39, 0.29) is 6.61 Å². The first-order valence-corrected chi connectivity index (χ1v) is 8.62. The highest BCUT2D eigenvalue weighted by atomic mass is 16.3. The van der Waals surface area contributed by atoms with Crippen LogP contribution in [0, 0.1) is 11.8 Å². The number of nitrogens with zero attached hydrogens (tertiary/aromatic N) is 2. The molecule has 0 spiro atoms. The van der Waals surface area contributed by atoms with Crippen LogP contribution in [0.15, 0.2) is 6.20 Å². The third kappa shape index (κ3) is 3.02. The third-order valence-corrected chi connectivity index (χ3v) is 5.70. The molecule has 1 fully saturated rings. The Kier molecular flexibility index (Phi) is 4.65. The van der Waals surface area contributed by atoms with Crippen molar-refractivity contribution in [2.45, 2.75) is 71.0 Å². The molecule has 1 heterocycles. The number of rotatable bonds is 4. The predicted molar refractivity (Wildman–Crippen MR) is 84.1 cm³/mol. The molecule has 1 aromatic rings. The number of nitrogens with one attached hydrogen (secondary N) is 1. The summed E-state index contributed by atoms with van der Waals surface area (Å²) in [7, 11) is 0. The second-order valence-corrected chi connectivity index (χ2v) is 6.98. The van der Waals surface area contributed by atoms with Gasteiger partial charge in [0, 0.05) is 23.3 Å². The molecule has 2 aliphatic rings. The second kappa shape index (κ2) is 6.49. The molecule has 21 heavy (non-hydrogen) atoms. The zero-order chi connectivity index (χ0) is 14.8. The third-order valence-electron chi connectivity index (χ3n) is 5.70. The average molecular weight is 291 g/mol. The molecule has 2 N–H and O–H groups in total. The number of aliphatic hydroxyl groups is 1. The summed E-state index contributed by atoms with van der Waals surface area (Å²) in [5.74, 6) is 1.59. The predicted octanol–water partition coefficient (Wildman–Crippen LogP) is 2.67. The summed E-state index contributed by atoms with van der Waals surface area (Å²) in [5.41, 5.74) is 2.71. The van der Waals surface area contributed by atoms with Gasteiger partial charge in [0.05, 0.1) is 19.3 Å². The summed E-state index contributed by atoms with van der Waals surface area (Å²) in [4.78, 5) is 0. The van der Waals surface area contributed by atoms with Crippen LogP contribution in [0.25, 0.3) is 0 Å². The minimum absolute atomic E-state index is 0.170. The van der Waals surface area contributed by atoms with E-state index in [9.17, 15) is 0 Å². The molecule has 0 aromatic carbocycles. The molecule has 4 atom stereocenters. The number of fused-ring (bicyclic) bond motifs is 1. The maximum atomic E-state index is 9.15. The molecule has 0 bridgehead atoms. The van der Waals surface area contributed by atoms with Crippen molar-refractivity contribution in [2.24, 2.45) is 11.8 Å². The first-order valence-electron chi connectivity index (χ1n) is 8.62. The Morgan fingerprint density at radius 3 is 2.95 bits per heavy atom. The van der Waals surface area contributed by atoms with Crippen LogP contribution < -0.4 is 5.32 Å². The topological polar surface area (TPSA) is 50.1 Å². The molecule has 4 nitrogen and oxygen atoms in total. The molecule has 118 valence electrons. The highest BCUT2D eigenvalue weighted by molar-refractivity contribution is 5.25. The molecule has 0 amide bonds. The second-order valence-electron chi connectivity index (χ2n) is 6.98. The van der Waals surface area contributed by atoms with Crippen LogP contribution in [0.3, 0.4) is 0 Å².